The molecule has 1 rings (SSSR count). The van der Waals surface area contributed by atoms with E-state index in [-0.39, 0.29) is 17.7 Å². The van der Waals surface area contributed by atoms with Gasteiger partial charge in [0.2, 0.25) is 5.91 Å². The van der Waals surface area contributed by atoms with Gasteiger partial charge in [-0.2, -0.15) is 0 Å². The minimum atomic E-state index is -1.42. The number of primary amides is 1. The molecule has 0 saturated carbocycles. The lowest BCUT2D eigenvalue weighted by Gasteiger charge is -2.09. The zero-order valence-electron chi connectivity index (χ0n) is 10.3. The molecule has 1 unspecified atom stereocenters. The Morgan fingerprint density at radius 1 is 1.26 bits per heavy atom. The molecule has 1 aromatic rings. The average molecular weight is 266 g/mol. The fraction of sp³-hybridized carbons (Fsp3) is 0.250. The molecule has 102 valence electrons. The highest BCUT2D eigenvalue weighted by molar-refractivity contribution is 5.97. The first kappa shape index (κ1) is 14.7. The van der Waals surface area contributed by atoms with Crippen LogP contribution in [0.2, 0.25) is 0 Å². The average Bonchev–Trinajstić information content (AvgIpc) is 2.43. The minimum absolute atomic E-state index is 0.261. The summed E-state index contributed by atoms with van der Waals surface area (Å²) in [6, 6.07) is 5.65. The first-order chi connectivity index (χ1) is 8.95. The number of amides is 2. The molecule has 0 fully saturated rings. The van der Waals surface area contributed by atoms with Gasteiger partial charge in [0.25, 0.3) is 5.91 Å². The number of hydrogen-bond donors (Lipinski definition) is 3. The molecule has 0 radical (unpaired) electrons. The van der Waals surface area contributed by atoms with Crippen molar-refractivity contribution in [1.29, 1.82) is 0 Å². The van der Waals surface area contributed by atoms with E-state index in [0.29, 0.717) is 0 Å². The van der Waals surface area contributed by atoms with E-state index in [0.717, 1.165) is 7.11 Å². The first-order valence-electron chi connectivity index (χ1n) is 5.39. The summed E-state index contributed by atoms with van der Waals surface area (Å²) in [6.07, 6.45) is -1.42. The van der Waals surface area contributed by atoms with Crippen LogP contribution in [0.15, 0.2) is 24.3 Å². The number of esters is 1. The highest BCUT2D eigenvalue weighted by Crippen LogP contribution is 2.03. The Bertz CT molecular complexity index is 483. The Balaban J connectivity index is 2.59. The number of rotatable bonds is 5. The summed E-state index contributed by atoms with van der Waals surface area (Å²) in [7, 11) is 1.13. The van der Waals surface area contributed by atoms with E-state index in [2.05, 4.69) is 10.1 Å². The van der Waals surface area contributed by atoms with Crippen LogP contribution < -0.4 is 11.1 Å². The van der Waals surface area contributed by atoms with Gasteiger partial charge in [-0.25, -0.2) is 4.79 Å². The number of benzene rings is 1. The number of nitrogens with two attached hydrogens (primary N) is 1. The molecule has 0 aliphatic carbocycles. The third kappa shape index (κ3) is 4.07. The van der Waals surface area contributed by atoms with Gasteiger partial charge in [0.05, 0.1) is 13.7 Å². The SMILES string of the molecule is COC(=O)C(O)CNC(=O)c1ccc(C(N)=O)cc1. The van der Waals surface area contributed by atoms with Crippen LogP contribution in [0.25, 0.3) is 0 Å². The second kappa shape index (κ2) is 6.50. The van der Waals surface area contributed by atoms with Crippen molar-refractivity contribution < 1.29 is 24.2 Å². The fourth-order valence-corrected chi connectivity index (χ4v) is 1.30. The van der Waals surface area contributed by atoms with E-state index in [4.69, 9.17) is 5.73 Å². The van der Waals surface area contributed by atoms with Crippen molar-refractivity contribution in [3.05, 3.63) is 35.4 Å². The lowest BCUT2D eigenvalue weighted by atomic mass is 10.1. The van der Waals surface area contributed by atoms with Gasteiger partial charge in [-0.3, -0.25) is 9.59 Å². The summed E-state index contributed by atoms with van der Waals surface area (Å²) in [5.41, 5.74) is 5.63. The van der Waals surface area contributed by atoms with E-state index < -0.39 is 23.9 Å². The van der Waals surface area contributed by atoms with Crippen LogP contribution in [0, 0.1) is 0 Å². The molecule has 7 nitrogen and oxygen atoms in total. The Labute approximate surface area is 109 Å². The van der Waals surface area contributed by atoms with E-state index >= 15 is 0 Å². The van der Waals surface area contributed by atoms with Gasteiger partial charge in [-0.1, -0.05) is 0 Å². The number of carbonyl (C=O) groups is 3. The molecule has 0 heterocycles. The van der Waals surface area contributed by atoms with Gasteiger partial charge in [-0.15, -0.1) is 0 Å². The molecule has 1 atom stereocenters. The predicted molar refractivity (Wildman–Crippen MR) is 65.3 cm³/mol. The fourth-order valence-electron chi connectivity index (χ4n) is 1.30. The molecule has 2 amide bonds. The van der Waals surface area contributed by atoms with Crippen LogP contribution in [0.5, 0.6) is 0 Å². The molecule has 0 aliphatic heterocycles. The number of nitrogens with one attached hydrogen (secondary N) is 1. The monoisotopic (exact) mass is 266 g/mol. The number of aliphatic hydroxyl groups excluding tert-OH is 1. The Hall–Kier alpha value is -2.41. The predicted octanol–water partition coefficient (Wildman–Crippen LogP) is -0.951. The molecule has 7 heteroatoms. The lowest BCUT2D eigenvalue weighted by molar-refractivity contribution is -0.149. The van der Waals surface area contributed by atoms with Crippen molar-refractivity contribution in [1.82, 2.24) is 5.32 Å². The van der Waals surface area contributed by atoms with Crippen molar-refractivity contribution in [2.24, 2.45) is 5.73 Å². The maximum atomic E-state index is 11.7. The minimum Gasteiger partial charge on any atom is -0.467 e. The number of hydrogen-bond acceptors (Lipinski definition) is 5. The third-order valence-corrected chi connectivity index (χ3v) is 2.36. The molecule has 19 heavy (non-hydrogen) atoms. The Morgan fingerprint density at radius 2 is 1.79 bits per heavy atom. The van der Waals surface area contributed by atoms with Crippen LogP contribution in [-0.4, -0.2) is 42.6 Å². The number of aliphatic hydroxyl groups is 1. The summed E-state index contributed by atoms with van der Waals surface area (Å²) in [5.74, 6) is -1.91. The van der Waals surface area contributed by atoms with Crippen LogP contribution in [0.3, 0.4) is 0 Å². The number of ether oxygens (including phenoxy) is 1. The molecule has 0 aliphatic rings. The lowest BCUT2D eigenvalue weighted by Crippen LogP contribution is -2.37. The standard InChI is InChI=1S/C12H14N2O5/c1-19-12(18)9(15)6-14-11(17)8-4-2-7(3-5-8)10(13)16/h2-5,9,15H,6H2,1H3,(H2,13,16)(H,14,17). The normalized spacial score (nSPS) is 11.5. The van der Waals surface area contributed by atoms with Crippen molar-refractivity contribution >= 4 is 17.8 Å². The third-order valence-electron chi connectivity index (χ3n) is 2.36. The van der Waals surface area contributed by atoms with E-state index in [1.165, 1.54) is 24.3 Å². The molecule has 0 spiro atoms. The van der Waals surface area contributed by atoms with Gasteiger partial charge in [0.1, 0.15) is 0 Å². The quantitative estimate of drug-likeness (QED) is 0.594. The maximum absolute atomic E-state index is 11.7. The molecule has 1 aromatic carbocycles. The molecule has 0 saturated heterocycles. The number of carbonyl (C=O) groups excluding carboxylic acids is 3. The molecular formula is C12H14N2O5. The summed E-state index contributed by atoms with van der Waals surface area (Å²) in [4.78, 5) is 33.4. The topological polar surface area (TPSA) is 119 Å². The first-order valence-corrected chi connectivity index (χ1v) is 5.39. The summed E-state index contributed by atoms with van der Waals surface area (Å²) < 4.78 is 4.30. The Kier molecular flexibility index (Phi) is 5.01. The maximum Gasteiger partial charge on any atom is 0.336 e. The van der Waals surface area contributed by atoms with Crippen molar-refractivity contribution in [2.75, 3.05) is 13.7 Å². The summed E-state index contributed by atoms with van der Waals surface area (Å²) in [6.45, 7) is -0.261. The van der Waals surface area contributed by atoms with Gasteiger partial charge in [-0.05, 0) is 24.3 Å². The van der Waals surface area contributed by atoms with E-state index in [1.54, 1.807) is 0 Å². The number of methoxy groups -OCH3 is 1. The van der Waals surface area contributed by atoms with Gasteiger partial charge in [0.15, 0.2) is 6.10 Å². The van der Waals surface area contributed by atoms with Crippen LogP contribution in [-0.2, 0) is 9.53 Å². The smallest absolute Gasteiger partial charge is 0.336 e. The zero-order chi connectivity index (χ0) is 14.4. The van der Waals surface area contributed by atoms with Crippen LogP contribution >= 0.6 is 0 Å². The van der Waals surface area contributed by atoms with Gasteiger partial charge < -0.3 is 20.9 Å². The van der Waals surface area contributed by atoms with Gasteiger partial charge >= 0.3 is 5.97 Å². The molecular weight excluding hydrogens is 252 g/mol. The summed E-state index contributed by atoms with van der Waals surface area (Å²) in [5, 5.41) is 11.6. The van der Waals surface area contributed by atoms with Crippen LogP contribution in [0.4, 0.5) is 0 Å². The highest BCUT2D eigenvalue weighted by Gasteiger charge is 2.16. The zero-order valence-corrected chi connectivity index (χ0v) is 10.3. The Morgan fingerprint density at radius 3 is 2.26 bits per heavy atom. The molecule has 0 bridgehead atoms. The van der Waals surface area contributed by atoms with Gasteiger partial charge in [0, 0.05) is 11.1 Å². The highest BCUT2D eigenvalue weighted by atomic mass is 16.5. The van der Waals surface area contributed by atoms with E-state index in [1.807, 2.05) is 0 Å². The van der Waals surface area contributed by atoms with Crippen molar-refractivity contribution in [3.8, 4) is 0 Å². The second-order valence-electron chi connectivity index (χ2n) is 3.69. The second-order valence-corrected chi connectivity index (χ2v) is 3.69. The molecule has 0 aromatic heterocycles. The van der Waals surface area contributed by atoms with Crippen molar-refractivity contribution in [2.45, 2.75) is 6.10 Å². The van der Waals surface area contributed by atoms with E-state index in [9.17, 15) is 19.5 Å². The largest absolute Gasteiger partial charge is 0.467 e. The summed E-state index contributed by atoms with van der Waals surface area (Å²) >= 11 is 0. The van der Waals surface area contributed by atoms with Crippen molar-refractivity contribution in [3.63, 3.8) is 0 Å². The molecule has 4 N–H and O–H groups in total. The van der Waals surface area contributed by atoms with Crippen LogP contribution in [0.1, 0.15) is 20.7 Å².